The van der Waals surface area contributed by atoms with Gasteiger partial charge in [0.05, 0.1) is 5.69 Å². The van der Waals surface area contributed by atoms with E-state index in [9.17, 15) is 18.0 Å². The quantitative estimate of drug-likeness (QED) is 0.763. The van der Waals surface area contributed by atoms with E-state index >= 15 is 0 Å². The van der Waals surface area contributed by atoms with Crippen LogP contribution in [0.25, 0.3) is 0 Å². The largest absolute Gasteiger partial charge is 0.471 e. The summed E-state index contributed by atoms with van der Waals surface area (Å²) >= 11 is 3.42. The van der Waals surface area contributed by atoms with Crippen molar-refractivity contribution in [1.82, 2.24) is 0 Å². The molecule has 1 heterocycles. The maximum absolute atomic E-state index is 12.5. The number of hydrogen-bond donors (Lipinski definition) is 0. The van der Waals surface area contributed by atoms with Gasteiger partial charge in [-0.3, -0.25) is 4.79 Å². The number of rotatable bonds is 2. The number of halogens is 4. The normalized spacial score (nSPS) is 19.2. The lowest BCUT2D eigenvalue weighted by atomic mass is 10.0. The molecule has 0 unspecified atom stereocenters. The summed E-state index contributed by atoms with van der Waals surface area (Å²) < 4.78 is 38.2. The summed E-state index contributed by atoms with van der Waals surface area (Å²) in [5.41, 5.74) is 1.16. The molecule has 1 aliphatic heterocycles. The first-order chi connectivity index (χ1) is 10.2. The molecule has 3 nitrogen and oxygen atoms in total. The van der Waals surface area contributed by atoms with Crippen molar-refractivity contribution in [1.29, 1.82) is 0 Å². The van der Waals surface area contributed by atoms with Gasteiger partial charge in [-0.1, -0.05) is 0 Å². The van der Waals surface area contributed by atoms with Gasteiger partial charge in [-0.25, -0.2) is 0 Å². The van der Waals surface area contributed by atoms with E-state index in [2.05, 4.69) is 27.8 Å². The van der Waals surface area contributed by atoms with Crippen LogP contribution in [0.3, 0.4) is 0 Å². The molecule has 0 aliphatic carbocycles. The van der Waals surface area contributed by atoms with Gasteiger partial charge in [0, 0.05) is 29.8 Å². The van der Waals surface area contributed by atoms with Crippen molar-refractivity contribution in [3.05, 3.63) is 22.7 Å². The van der Waals surface area contributed by atoms with Crippen molar-refractivity contribution in [2.45, 2.75) is 38.4 Å². The van der Waals surface area contributed by atoms with Crippen LogP contribution in [-0.4, -0.2) is 31.7 Å². The van der Waals surface area contributed by atoms with Gasteiger partial charge < -0.3 is 9.80 Å². The number of nitrogens with zero attached hydrogens (tertiary/aromatic N) is 2. The van der Waals surface area contributed by atoms with Gasteiger partial charge in [-0.15, -0.1) is 0 Å². The van der Waals surface area contributed by atoms with E-state index in [1.807, 2.05) is 0 Å². The molecule has 1 saturated heterocycles. The molecule has 2 rings (SSSR count). The number of piperidine rings is 1. The zero-order valence-corrected chi connectivity index (χ0v) is 14.0. The minimum atomic E-state index is -4.87. The number of alkyl halides is 3. The van der Waals surface area contributed by atoms with Gasteiger partial charge >= 0.3 is 12.1 Å². The molecule has 0 aromatic heterocycles. The van der Waals surface area contributed by atoms with Crippen molar-refractivity contribution < 1.29 is 18.0 Å². The molecule has 0 radical (unpaired) electrons. The van der Waals surface area contributed by atoms with Crippen LogP contribution in [0.5, 0.6) is 0 Å². The topological polar surface area (TPSA) is 23.6 Å². The zero-order valence-electron chi connectivity index (χ0n) is 12.5. The van der Waals surface area contributed by atoms with Gasteiger partial charge in [-0.2, -0.15) is 13.2 Å². The number of carbonyl (C=O) groups is 1. The molecule has 1 aliphatic rings. The Labute approximate surface area is 136 Å². The summed E-state index contributed by atoms with van der Waals surface area (Å²) in [7, 11) is 1.13. The van der Waals surface area contributed by atoms with Crippen molar-refractivity contribution >= 4 is 33.2 Å². The van der Waals surface area contributed by atoms with E-state index in [0.717, 1.165) is 32.1 Å². The Balaban J connectivity index is 2.24. The summed E-state index contributed by atoms with van der Waals surface area (Å²) in [5.74, 6) is -1.88. The van der Waals surface area contributed by atoms with Gasteiger partial charge in [0.1, 0.15) is 0 Å². The highest BCUT2D eigenvalue weighted by molar-refractivity contribution is 9.10. The minimum Gasteiger partial charge on any atom is -0.368 e. The van der Waals surface area contributed by atoms with Crippen LogP contribution < -0.4 is 9.80 Å². The van der Waals surface area contributed by atoms with Crippen molar-refractivity contribution in [2.75, 3.05) is 23.4 Å². The highest BCUT2D eigenvalue weighted by Crippen LogP contribution is 2.34. The molecule has 1 aromatic carbocycles. The lowest BCUT2D eigenvalue weighted by Crippen LogP contribution is -2.39. The average Bonchev–Trinajstić information content (AvgIpc) is 2.45. The number of anilines is 2. The van der Waals surface area contributed by atoms with E-state index in [1.54, 1.807) is 18.2 Å². The van der Waals surface area contributed by atoms with Gasteiger partial charge in [-0.05, 0) is 60.3 Å². The van der Waals surface area contributed by atoms with Crippen molar-refractivity contribution in [2.24, 2.45) is 0 Å². The molecular formula is C15H18BrF3N2O. The van der Waals surface area contributed by atoms with Gasteiger partial charge in [0.2, 0.25) is 0 Å². The molecule has 1 aromatic rings. The third-order valence-electron chi connectivity index (χ3n) is 3.98. The summed E-state index contributed by atoms with van der Waals surface area (Å²) in [6.45, 7) is 3.06. The van der Waals surface area contributed by atoms with E-state index in [-0.39, 0.29) is 5.69 Å². The summed E-state index contributed by atoms with van der Waals surface area (Å²) in [4.78, 5) is 14.1. The molecule has 22 heavy (non-hydrogen) atoms. The average molecular weight is 379 g/mol. The fourth-order valence-electron chi connectivity index (χ4n) is 2.70. The van der Waals surface area contributed by atoms with Crippen LogP contribution in [0.15, 0.2) is 22.7 Å². The van der Waals surface area contributed by atoms with E-state index in [0.29, 0.717) is 15.4 Å². The van der Waals surface area contributed by atoms with Crippen LogP contribution in [0.2, 0.25) is 0 Å². The third kappa shape index (κ3) is 3.56. The van der Waals surface area contributed by atoms with E-state index in [1.165, 1.54) is 6.42 Å². The molecule has 1 amide bonds. The van der Waals surface area contributed by atoms with Crippen LogP contribution in [-0.2, 0) is 4.79 Å². The van der Waals surface area contributed by atoms with Crippen LogP contribution >= 0.6 is 15.9 Å². The first-order valence-electron chi connectivity index (χ1n) is 7.13. The Morgan fingerprint density at radius 1 is 1.36 bits per heavy atom. The van der Waals surface area contributed by atoms with Gasteiger partial charge in [0.15, 0.2) is 0 Å². The molecule has 7 heteroatoms. The lowest BCUT2D eigenvalue weighted by Gasteiger charge is -2.36. The number of benzene rings is 1. The Kier molecular flexibility index (Phi) is 5.04. The Morgan fingerprint density at radius 3 is 2.59 bits per heavy atom. The first kappa shape index (κ1) is 17.1. The highest BCUT2D eigenvalue weighted by atomic mass is 79.9. The summed E-state index contributed by atoms with van der Waals surface area (Å²) in [6.07, 6.45) is -1.48. The Morgan fingerprint density at radius 2 is 2.05 bits per heavy atom. The van der Waals surface area contributed by atoms with Crippen LogP contribution in [0.1, 0.15) is 26.2 Å². The molecule has 1 atom stereocenters. The minimum absolute atomic E-state index is 0.211. The molecular weight excluding hydrogens is 361 g/mol. The standard InChI is InChI=1S/C15H18BrF3N2O/c1-10-5-3-4-8-21(10)13-7-6-11(9-12(13)16)20(2)14(22)15(17,18)19/h6-7,9-10H,3-5,8H2,1-2H3/t10-/m0/s1. The van der Waals surface area contributed by atoms with Crippen molar-refractivity contribution in [3.8, 4) is 0 Å². The van der Waals surface area contributed by atoms with Crippen LogP contribution in [0, 0.1) is 0 Å². The fraction of sp³-hybridized carbons (Fsp3) is 0.533. The fourth-order valence-corrected chi connectivity index (χ4v) is 3.30. The second kappa shape index (κ2) is 6.48. The molecule has 0 N–H and O–H groups in total. The summed E-state index contributed by atoms with van der Waals surface area (Å²) in [5, 5.41) is 0. The predicted octanol–water partition coefficient (Wildman–Crippen LogP) is 4.35. The molecule has 1 fully saturated rings. The Hall–Kier alpha value is -1.24. The molecule has 0 saturated carbocycles. The maximum atomic E-state index is 12.5. The monoisotopic (exact) mass is 378 g/mol. The second-order valence-corrected chi connectivity index (χ2v) is 6.39. The lowest BCUT2D eigenvalue weighted by molar-refractivity contribution is -0.170. The van der Waals surface area contributed by atoms with E-state index < -0.39 is 12.1 Å². The smallest absolute Gasteiger partial charge is 0.368 e. The highest BCUT2D eigenvalue weighted by Gasteiger charge is 2.41. The van der Waals surface area contributed by atoms with E-state index in [4.69, 9.17) is 0 Å². The van der Waals surface area contributed by atoms with Crippen LogP contribution in [0.4, 0.5) is 24.5 Å². The summed E-state index contributed by atoms with van der Waals surface area (Å²) in [6, 6.07) is 5.26. The number of carbonyl (C=O) groups excluding carboxylic acids is 1. The zero-order chi connectivity index (χ0) is 16.5. The molecule has 122 valence electrons. The van der Waals surface area contributed by atoms with Crippen molar-refractivity contribution in [3.63, 3.8) is 0 Å². The number of amides is 1. The predicted molar refractivity (Wildman–Crippen MR) is 84.3 cm³/mol. The molecule has 0 bridgehead atoms. The van der Waals surface area contributed by atoms with Gasteiger partial charge in [0.25, 0.3) is 0 Å². The Bertz CT molecular complexity index is 562. The molecule has 0 spiro atoms. The SMILES string of the molecule is C[C@H]1CCCCN1c1ccc(N(C)C(=O)C(F)(F)F)cc1Br. The number of hydrogen-bond acceptors (Lipinski definition) is 2. The second-order valence-electron chi connectivity index (χ2n) is 5.54. The third-order valence-corrected chi connectivity index (χ3v) is 4.61. The first-order valence-corrected chi connectivity index (χ1v) is 7.92. The maximum Gasteiger partial charge on any atom is 0.471 e.